The van der Waals surface area contributed by atoms with Crippen molar-refractivity contribution in [2.45, 2.75) is 45.1 Å². The first-order valence-electron chi connectivity index (χ1n) is 7.58. The van der Waals surface area contributed by atoms with Crippen molar-refractivity contribution >= 4 is 49.9 Å². The second-order valence-electron chi connectivity index (χ2n) is 6.57. The largest absolute Gasteiger partial charge is 0.391 e. The first-order chi connectivity index (χ1) is 11.6. The fourth-order valence-corrected chi connectivity index (χ4v) is 4.97. The van der Waals surface area contributed by atoms with E-state index < -0.39 is 27.6 Å². The van der Waals surface area contributed by atoms with Crippen molar-refractivity contribution < 1.29 is 13.7 Å². The van der Waals surface area contributed by atoms with Gasteiger partial charge in [0.15, 0.2) is 0 Å². The summed E-state index contributed by atoms with van der Waals surface area (Å²) in [5.74, 6) is -0.407. The second-order valence-corrected chi connectivity index (χ2v) is 11.1. The minimum Gasteiger partial charge on any atom is -0.391 e. The van der Waals surface area contributed by atoms with E-state index in [0.717, 1.165) is 11.1 Å². The van der Waals surface area contributed by atoms with Gasteiger partial charge >= 0.3 is 0 Å². The summed E-state index contributed by atoms with van der Waals surface area (Å²) >= 11 is 10.8. The molecule has 0 amide bonds. The van der Waals surface area contributed by atoms with E-state index in [1.54, 1.807) is 12.1 Å². The average molecular weight is 469 g/mol. The first kappa shape index (κ1) is 21.0. The Morgan fingerprint density at radius 1 is 1.44 bits per heavy atom. The number of aliphatic hydroxyl groups is 1. The van der Waals surface area contributed by atoms with Gasteiger partial charge < -0.3 is 5.11 Å². The smallest absolute Gasteiger partial charge is 0.137 e. The molecule has 0 fully saturated rings. The van der Waals surface area contributed by atoms with Crippen LogP contribution in [0, 0.1) is 12.7 Å². The number of thiophene rings is 1. The molecular weight excluding hydrogens is 449 g/mol. The number of nitrogens with one attached hydrogen (secondary N) is 1. The third-order valence-electron chi connectivity index (χ3n) is 3.72. The highest BCUT2D eigenvalue weighted by Gasteiger charge is 2.30. The van der Waals surface area contributed by atoms with Crippen LogP contribution in [0.25, 0.3) is 0 Å². The Morgan fingerprint density at radius 2 is 2.08 bits per heavy atom. The van der Waals surface area contributed by atoms with E-state index in [0.29, 0.717) is 19.2 Å². The van der Waals surface area contributed by atoms with Gasteiger partial charge in [-0.05, 0) is 66.4 Å². The van der Waals surface area contributed by atoms with Gasteiger partial charge in [0.1, 0.15) is 5.82 Å². The van der Waals surface area contributed by atoms with E-state index in [-0.39, 0.29) is 6.61 Å². The van der Waals surface area contributed by atoms with Gasteiger partial charge in [0.05, 0.1) is 37.2 Å². The zero-order chi connectivity index (χ0) is 18.9. The molecule has 0 saturated heterocycles. The van der Waals surface area contributed by atoms with Crippen molar-refractivity contribution in [1.29, 1.82) is 0 Å². The summed E-state index contributed by atoms with van der Waals surface area (Å²) in [5, 5.41) is 9.73. The molecule has 0 aliphatic rings. The summed E-state index contributed by atoms with van der Waals surface area (Å²) < 4.78 is 30.3. The molecule has 3 nitrogen and oxygen atoms in total. The van der Waals surface area contributed by atoms with Crippen molar-refractivity contribution in [2.75, 3.05) is 0 Å². The Hall–Kier alpha value is -0.310. The minimum atomic E-state index is -1.41. The van der Waals surface area contributed by atoms with Gasteiger partial charge in [0.25, 0.3) is 0 Å². The van der Waals surface area contributed by atoms with Crippen LogP contribution < -0.4 is 4.72 Å². The quantitative estimate of drug-likeness (QED) is 0.630. The molecular formula is C17H20BrClFNO2S2. The maximum Gasteiger partial charge on any atom is 0.137 e. The van der Waals surface area contributed by atoms with Crippen molar-refractivity contribution in [3.63, 3.8) is 0 Å². The Bertz CT molecular complexity index is 805. The molecule has 2 N–H and O–H groups in total. The van der Waals surface area contributed by atoms with Crippen molar-refractivity contribution in [1.82, 2.24) is 4.72 Å². The maximum atomic E-state index is 14.1. The molecule has 0 radical (unpaired) electrons. The molecule has 8 heteroatoms. The number of halogens is 3. The molecule has 2 rings (SSSR count). The summed E-state index contributed by atoms with van der Waals surface area (Å²) in [4.78, 5) is 0.669. The van der Waals surface area contributed by atoms with Crippen LogP contribution in [0.3, 0.4) is 0 Å². The van der Waals surface area contributed by atoms with Gasteiger partial charge in [-0.25, -0.2) is 13.3 Å². The Balaban J connectivity index is 2.65. The summed E-state index contributed by atoms with van der Waals surface area (Å²) in [5.41, 5.74) is 2.13. The van der Waals surface area contributed by atoms with Crippen LogP contribution in [-0.2, 0) is 17.6 Å². The number of hydrogen-bond donors (Lipinski definition) is 2. The lowest BCUT2D eigenvalue weighted by molar-refractivity contribution is 0.284. The van der Waals surface area contributed by atoms with Gasteiger partial charge in [-0.2, -0.15) is 0 Å². The van der Waals surface area contributed by atoms with Crippen molar-refractivity contribution in [2.24, 2.45) is 0 Å². The van der Waals surface area contributed by atoms with E-state index >= 15 is 0 Å². The third kappa shape index (κ3) is 4.51. The van der Waals surface area contributed by atoms with Gasteiger partial charge in [0, 0.05) is 4.88 Å². The zero-order valence-corrected chi connectivity index (χ0v) is 18.3. The van der Waals surface area contributed by atoms with Crippen LogP contribution in [0.15, 0.2) is 22.7 Å². The molecule has 0 saturated carbocycles. The lowest BCUT2D eigenvalue weighted by atomic mass is 9.97. The number of benzene rings is 1. The minimum absolute atomic E-state index is 0.194. The SMILES string of the molecule is Cc1c(Cl)sc(CO)c1[C@@H](N[S@](=O)C(C)(C)C)c1cccc(F)c1Br. The molecule has 0 bridgehead atoms. The molecule has 1 heterocycles. The van der Waals surface area contributed by atoms with E-state index in [2.05, 4.69) is 20.7 Å². The predicted octanol–water partition coefficient (Wildman–Crippen LogP) is 5.25. The van der Waals surface area contributed by atoms with E-state index in [1.807, 2.05) is 27.7 Å². The molecule has 138 valence electrons. The Kier molecular flexibility index (Phi) is 6.84. The van der Waals surface area contributed by atoms with E-state index in [1.165, 1.54) is 17.4 Å². The van der Waals surface area contributed by atoms with Gasteiger partial charge in [-0.3, -0.25) is 0 Å². The summed E-state index contributed by atoms with van der Waals surface area (Å²) in [6, 6.07) is 4.14. The normalized spacial score (nSPS) is 14.6. The van der Waals surface area contributed by atoms with Gasteiger partial charge in [-0.1, -0.05) is 23.7 Å². The van der Waals surface area contributed by atoms with Crippen LogP contribution in [0.2, 0.25) is 4.34 Å². The lowest BCUT2D eigenvalue weighted by Gasteiger charge is -2.26. The predicted molar refractivity (Wildman–Crippen MR) is 107 cm³/mol. The maximum absolute atomic E-state index is 14.1. The molecule has 1 aromatic carbocycles. The molecule has 1 aromatic heterocycles. The Labute approximate surface area is 167 Å². The number of hydrogen-bond acceptors (Lipinski definition) is 3. The Morgan fingerprint density at radius 3 is 2.64 bits per heavy atom. The van der Waals surface area contributed by atoms with E-state index in [9.17, 15) is 13.7 Å². The number of rotatable bonds is 5. The topological polar surface area (TPSA) is 49.3 Å². The molecule has 0 unspecified atom stereocenters. The second kappa shape index (κ2) is 8.15. The number of aliphatic hydroxyl groups excluding tert-OH is 1. The highest BCUT2D eigenvalue weighted by atomic mass is 79.9. The fraction of sp³-hybridized carbons (Fsp3) is 0.412. The van der Waals surface area contributed by atoms with Crippen LogP contribution in [-0.4, -0.2) is 14.1 Å². The monoisotopic (exact) mass is 467 g/mol. The van der Waals surface area contributed by atoms with Crippen LogP contribution >= 0.6 is 38.9 Å². The van der Waals surface area contributed by atoms with Crippen LogP contribution in [0.4, 0.5) is 4.39 Å². The lowest BCUT2D eigenvalue weighted by Crippen LogP contribution is -2.36. The fourth-order valence-electron chi connectivity index (χ4n) is 2.35. The van der Waals surface area contributed by atoms with Crippen LogP contribution in [0.5, 0.6) is 0 Å². The zero-order valence-electron chi connectivity index (χ0n) is 14.3. The van der Waals surface area contributed by atoms with Crippen LogP contribution in [0.1, 0.15) is 48.4 Å². The molecule has 0 aliphatic heterocycles. The molecule has 25 heavy (non-hydrogen) atoms. The summed E-state index contributed by atoms with van der Waals surface area (Å²) in [6.07, 6.45) is 0. The molecule has 0 aliphatic carbocycles. The van der Waals surface area contributed by atoms with E-state index in [4.69, 9.17) is 11.6 Å². The van der Waals surface area contributed by atoms with Crippen molar-refractivity contribution in [3.8, 4) is 0 Å². The average Bonchev–Trinajstić information content (AvgIpc) is 2.82. The highest BCUT2D eigenvalue weighted by Crippen LogP contribution is 2.41. The third-order valence-corrected chi connectivity index (χ3v) is 7.71. The van der Waals surface area contributed by atoms with Gasteiger partial charge in [0.2, 0.25) is 0 Å². The molecule has 2 aromatic rings. The first-order valence-corrected chi connectivity index (χ1v) is 10.7. The summed E-state index contributed by atoms with van der Waals surface area (Å²) in [7, 11) is -1.41. The molecule has 2 atom stereocenters. The molecule has 0 spiro atoms. The van der Waals surface area contributed by atoms with Gasteiger partial charge in [-0.15, -0.1) is 11.3 Å². The standard InChI is InChI=1S/C17H20BrClFNO2S2/c1-9-13(12(8-22)24-16(9)19)15(21-25(23)17(2,3)4)10-6-5-7-11(20)14(10)18/h5-7,15,21-22H,8H2,1-4H3/t15-,25+/m0/s1. The highest BCUT2D eigenvalue weighted by molar-refractivity contribution is 9.10. The summed E-state index contributed by atoms with van der Waals surface area (Å²) in [6.45, 7) is 7.21. The van der Waals surface area contributed by atoms with Crippen molar-refractivity contribution in [3.05, 3.63) is 54.4 Å².